The average Bonchev–Trinajstić information content (AvgIpc) is 2.09. The van der Waals surface area contributed by atoms with Crippen molar-refractivity contribution in [2.75, 3.05) is 47.4 Å². The van der Waals surface area contributed by atoms with Crippen LogP contribution in [0.3, 0.4) is 0 Å². The van der Waals surface area contributed by atoms with E-state index in [9.17, 15) is 5.11 Å². The van der Waals surface area contributed by atoms with Crippen LogP contribution in [-0.4, -0.2) is 63.1 Å². The van der Waals surface area contributed by atoms with Crippen molar-refractivity contribution >= 4 is 0 Å². The van der Waals surface area contributed by atoms with E-state index in [1.807, 2.05) is 21.0 Å². The fourth-order valence-electron chi connectivity index (χ4n) is 1.07. The molecule has 86 valence electrons. The molecular formula is C10H24N2O2. The Kier molecular flexibility index (Phi) is 7.09. The van der Waals surface area contributed by atoms with Crippen LogP contribution in [0.15, 0.2) is 0 Å². The van der Waals surface area contributed by atoms with Crippen molar-refractivity contribution in [2.45, 2.75) is 18.9 Å². The quantitative estimate of drug-likeness (QED) is 0.543. The summed E-state index contributed by atoms with van der Waals surface area (Å²) in [4.78, 5) is 2.11. The molecule has 0 spiro atoms. The van der Waals surface area contributed by atoms with Gasteiger partial charge in [-0.25, -0.2) is 0 Å². The topological polar surface area (TPSA) is 44.7 Å². The number of ether oxygens (including phenoxy) is 1. The third-order valence-electron chi connectivity index (χ3n) is 2.09. The summed E-state index contributed by atoms with van der Waals surface area (Å²) in [7, 11) is 5.71. The van der Waals surface area contributed by atoms with E-state index in [2.05, 4.69) is 10.2 Å². The van der Waals surface area contributed by atoms with Crippen LogP contribution in [0, 0.1) is 0 Å². The molecule has 0 aromatic heterocycles. The Hall–Kier alpha value is -0.160. The second-order valence-corrected chi connectivity index (χ2v) is 4.22. The first-order valence-corrected chi connectivity index (χ1v) is 5.05. The molecule has 14 heavy (non-hydrogen) atoms. The second kappa shape index (κ2) is 7.17. The van der Waals surface area contributed by atoms with Gasteiger partial charge in [0.15, 0.2) is 0 Å². The Morgan fingerprint density at radius 2 is 2.07 bits per heavy atom. The standard InChI is InChI=1S/C10H24N2O2/c1-10(13,5-8-14-4)9-11-6-7-12(2)3/h11,13H,5-9H2,1-4H3. The number of rotatable bonds is 8. The van der Waals surface area contributed by atoms with Gasteiger partial charge in [0.05, 0.1) is 5.60 Å². The number of methoxy groups -OCH3 is 1. The zero-order valence-corrected chi connectivity index (χ0v) is 9.84. The highest BCUT2D eigenvalue weighted by molar-refractivity contribution is 4.75. The number of hydrogen-bond acceptors (Lipinski definition) is 4. The van der Waals surface area contributed by atoms with Crippen LogP contribution in [-0.2, 0) is 4.74 Å². The molecule has 4 heteroatoms. The van der Waals surface area contributed by atoms with Gasteiger partial charge in [0.2, 0.25) is 0 Å². The van der Waals surface area contributed by atoms with Gasteiger partial charge in [0, 0.05) is 39.8 Å². The summed E-state index contributed by atoms with van der Waals surface area (Å²) >= 11 is 0. The van der Waals surface area contributed by atoms with Crippen molar-refractivity contribution in [3.05, 3.63) is 0 Å². The third kappa shape index (κ3) is 8.44. The zero-order chi connectivity index (χ0) is 11.0. The number of nitrogens with zero attached hydrogens (tertiary/aromatic N) is 1. The lowest BCUT2D eigenvalue weighted by molar-refractivity contribution is 0.0249. The lowest BCUT2D eigenvalue weighted by Crippen LogP contribution is -2.40. The van der Waals surface area contributed by atoms with Crippen LogP contribution in [0.2, 0.25) is 0 Å². The van der Waals surface area contributed by atoms with Gasteiger partial charge in [-0.15, -0.1) is 0 Å². The summed E-state index contributed by atoms with van der Waals surface area (Å²) in [6, 6.07) is 0. The first-order chi connectivity index (χ1) is 6.48. The fraction of sp³-hybridized carbons (Fsp3) is 1.00. The average molecular weight is 204 g/mol. The van der Waals surface area contributed by atoms with Gasteiger partial charge < -0.3 is 20.1 Å². The van der Waals surface area contributed by atoms with E-state index in [4.69, 9.17) is 4.74 Å². The van der Waals surface area contributed by atoms with Gasteiger partial charge in [-0.05, 0) is 21.0 Å². The van der Waals surface area contributed by atoms with E-state index < -0.39 is 5.60 Å². The Bertz CT molecular complexity index is 138. The molecule has 0 aromatic carbocycles. The van der Waals surface area contributed by atoms with Crippen molar-refractivity contribution < 1.29 is 9.84 Å². The van der Waals surface area contributed by atoms with Crippen molar-refractivity contribution in [3.63, 3.8) is 0 Å². The molecule has 1 atom stereocenters. The minimum absolute atomic E-state index is 0.600. The summed E-state index contributed by atoms with van der Waals surface area (Å²) in [5, 5.41) is 13.1. The summed E-state index contributed by atoms with van der Waals surface area (Å²) in [6.07, 6.45) is 0.665. The molecule has 1 unspecified atom stereocenters. The highest BCUT2D eigenvalue weighted by atomic mass is 16.5. The predicted octanol–water partition coefficient (Wildman–Crippen LogP) is -0.0749. The largest absolute Gasteiger partial charge is 0.389 e. The van der Waals surface area contributed by atoms with E-state index in [1.54, 1.807) is 7.11 Å². The highest BCUT2D eigenvalue weighted by Gasteiger charge is 2.18. The molecule has 0 aliphatic rings. The maximum atomic E-state index is 9.85. The summed E-state index contributed by atoms with van der Waals surface area (Å²) in [5.41, 5.74) is -0.664. The molecule has 0 heterocycles. The van der Waals surface area contributed by atoms with Crippen LogP contribution in [0.25, 0.3) is 0 Å². The molecule has 0 radical (unpaired) electrons. The van der Waals surface area contributed by atoms with Gasteiger partial charge in [0.25, 0.3) is 0 Å². The van der Waals surface area contributed by atoms with E-state index in [-0.39, 0.29) is 0 Å². The summed E-state index contributed by atoms with van der Waals surface area (Å²) in [5.74, 6) is 0. The van der Waals surface area contributed by atoms with Crippen LogP contribution in [0.1, 0.15) is 13.3 Å². The van der Waals surface area contributed by atoms with E-state index >= 15 is 0 Å². The van der Waals surface area contributed by atoms with E-state index in [0.717, 1.165) is 13.1 Å². The van der Waals surface area contributed by atoms with Crippen molar-refractivity contribution in [3.8, 4) is 0 Å². The van der Waals surface area contributed by atoms with Crippen LogP contribution >= 0.6 is 0 Å². The monoisotopic (exact) mass is 204 g/mol. The Morgan fingerprint density at radius 1 is 1.43 bits per heavy atom. The van der Waals surface area contributed by atoms with Gasteiger partial charge >= 0.3 is 0 Å². The van der Waals surface area contributed by atoms with Gasteiger partial charge in [-0.1, -0.05) is 0 Å². The predicted molar refractivity (Wildman–Crippen MR) is 58.5 cm³/mol. The van der Waals surface area contributed by atoms with Crippen LogP contribution < -0.4 is 5.32 Å². The fourth-order valence-corrected chi connectivity index (χ4v) is 1.07. The van der Waals surface area contributed by atoms with E-state index in [1.165, 1.54) is 0 Å². The van der Waals surface area contributed by atoms with Gasteiger partial charge in [0.1, 0.15) is 0 Å². The molecule has 2 N–H and O–H groups in total. The Labute approximate surface area is 87.2 Å². The highest BCUT2D eigenvalue weighted by Crippen LogP contribution is 2.06. The SMILES string of the molecule is COCCC(C)(O)CNCCN(C)C. The van der Waals surface area contributed by atoms with Crippen molar-refractivity contribution in [1.82, 2.24) is 10.2 Å². The van der Waals surface area contributed by atoms with Gasteiger partial charge in [-0.3, -0.25) is 0 Å². The molecule has 4 nitrogen and oxygen atoms in total. The molecular weight excluding hydrogens is 180 g/mol. The summed E-state index contributed by atoms with van der Waals surface area (Å²) in [6.45, 7) is 4.93. The zero-order valence-electron chi connectivity index (χ0n) is 9.84. The molecule has 0 fully saturated rings. The molecule has 0 aliphatic carbocycles. The molecule has 0 rings (SSSR count). The second-order valence-electron chi connectivity index (χ2n) is 4.22. The molecule has 0 bridgehead atoms. The first kappa shape index (κ1) is 13.8. The van der Waals surface area contributed by atoms with E-state index in [0.29, 0.717) is 19.6 Å². The third-order valence-corrected chi connectivity index (χ3v) is 2.09. The van der Waals surface area contributed by atoms with Crippen molar-refractivity contribution in [1.29, 1.82) is 0 Å². The Morgan fingerprint density at radius 3 is 2.57 bits per heavy atom. The summed E-state index contributed by atoms with van der Waals surface area (Å²) < 4.78 is 4.93. The minimum Gasteiger partial charge on any atom is -0.389 e. The van der Waals surface area contributed by atoms with Gasteiger partial charge in [-0.2, -0.15) is 0 Å². The van der Waals surface area contributed by atoms with Crippen molar-refractivity contribution in [2.24, 2.45) is 0 Å². The molecule has 0 saturated carbocycles. The van der Waals surface area contributed by atoms with Crippen LogP contribution in [0.5, 0.6) is 0 Å². The number of aliphatic hydroxyl groups is 1. The normalized spacial score (nSPS) is 15.9. The number of hydrogen-bond donors (Lipinski definition) is 2. The lowest BCUT2D eigenvalue weighted by Gasteiger charge is -2.23. The number of likely N-dealkylation sites (N-methyl/N-ethyl adjacent to an activating group) is 1. The van der Waals surface area contributed by atoms with Crippen LogP contribution in [0.4, 0.5) is 0 Å². The molecule has 0 saturated heterocycles. The number of nitrogens with one attached hydrogen (secondary N) is 1. The molecule has 0 aromatic rings. The first-order valence-electron chi connectivity index (χ1n) is 5.05. The maximum Gasteiger partial charge on any atom is 0.0765 e. The Balaban J connectivity index is 3.44. The minimum atomic E-state index is -0.664. The maximum absolute atomic E-state index is 9.85. The molecule has 0 aliphatic heterocycles. The lowest BCUT2D eigenvalue weighted by atomic mass is 10.0. The molecule has 0 amide bonds. The smallest absolute Gasteiger partial charge is 0.0765 e.